The largest absolute Gasteiger partial charge is 0.488 e. The van der Waals surface area contributed by atoms with Crippen molar-refractivity contribution in [1.29, 1.82) is 0 Å². The van der Waals surface area contributed by atoms with E-state index in [2.05, 4.69) is 103 Å². The van der Waals surface area contributed by atoms with Gasteiger partial charge in [0, 0.05) is 0 Å². The molecule has 0 saturated heterocycles. The number of hydrogen-bond acceptors (Lipinski definition) is 2. The maximum Gasteiger partial charge on any atom is 0.488 e. The third kappa shape index (κ3) is 2.98. The molecule has 1 aliphatic rings. The molecule has 0 unspecified atom stereocenters. The fourth-order valence-electron chi connectivity index (χ4n) is 5.57. The van der Waals surface area contributed by atoms with Crippen molar-refractivity contribution in [1.82, 2.24) is 0 Å². The number of hydrogen-bond donors (Lipinski definition) is 2. The van der Waals surface area contributed by atoms with Crippen LogP contribution in [0.25, 0.3) is 22.3 Å². The number of fused-ring (bicyclic) bond motifs is 3. The summed E-state index contributed by atoms with van der Waals surface area (Å²) in [5.41, 5.74) is 9.71. The lowest BCUT2D eigenvalue weighted by molar-refractivity contribution is 0.426. The molecule has 0 heterocycles. The summed E-state index contributed by atoms with van der Waals surface area (Å²) in [6.45, 7) is 0. The zero-order valence-electron chi connectivity index (χ0n) is 18.6. The van der Waals surface area contributed by atoms with Gasteiger partial charge < -0.3 is 10.0 Å². The van der Waals surface area contributed by atoms with Crippen LogP contribution in [0.2, 0.25) is 0 Å². The van der Waals surface area contributed by atoms with Crippen molar-refractivity contribution in [3.8, 4) is 22.3 Å². The Morgan fingerprint density at radius 3 is 1.62 bits per heavy atom. The van der Waals surface area contributed by atoms with E-state index in [-0.39, 0.29) is 0 Å². The number of rotatable bonds is 4. The third-order valence-electron chi connectivity index (χ3n) is 7.00. The van der Waals surface area contributed by atoms with Crippen molar-refractivity contribution in [3.05, 3.63) is 150 Å². The van der Waals surface area contributed by atoms with Gasteiger partial charge in [0.1, 0.15) is 0 Å². The van der Waals surface area contributed by atoms with Gasteiger partial charge in [-0.25, -0.2) is 0 Å². The first-order valence-electron chi connectivity index (χ1n) is 11.5. The van der Waals surface area contributed by atoms with Crippen LogP contribution in [-0.2, 0) is 5.41 Å². The second kappa shape index (κ2) is 8.14. The lowest BCUT2D eigenvalue weighted by Gasteiger charge is -2.34. The van der Waals surface area contributed by atoms with Gasteiger partial charge in [-0.1, -0.05) is 127 Å². The van der Waals surface area contributed by atoms with E-state index >= 15 is 0 Å². The van der Waals surface area contributed by atoms with E-state index in [0.717, 1.165) is 11.1 Å². The molecule has 0 saturated carbocycles. The van der Waals surface area contributed by atoms with E-state index in [4.69, 9.17) is 0 Å². The molecule has 1 aliphatic carbocycles. The van der Waals surface area contributed by atoms with Gasteiger partial charge in [0.05, 0.1) is 5.41 Å². The molecule has 3 heteroatoms. The molecule has 0 spiro atoms. The van der Waals surface area contributed by atoms with Gasteiger partial charge in [-0.3, -0.25) is 0 Å². The van der Waals surface area contributed by atoms with Crippen molar-refractivity contribution >= 4 is 12.6 Å². The predicted octanol–water partition coefficient (Wildman–Crippen LogP) is 5.40. The van der Waals surface area contributed by atoms with Crippen LogP contribution in [0, 0.1) is 0 Å². The highest BCUT2D eigenvalue weighted by molar-refractivity contribution is 6.58. The van der Waals surface area contributed by atoms with E-state index < -0.39 is 12.5 Å². The van der Waals surface area contributed by atoms with Crippen molar-refractivity contribution in [2.24, 2.45) is 0 Å². The Morgan fingerprint density at radius 2 is 1.00 bits per heavy atom. The first kappa shape index (κ1) is 20.7. The lowest BCUT2D eigenvalue weighted by atomic mass is 9.67. The van der Waals surface area contributed by atoms with Crippen LogP contribution >= 0.6 is 0 Å². The smallest absolute Gasteiger partial charge is 0.423 e. The van der Waals surface area contributed by atoms with Crippen LogP contribution in [0.4, 0.5) is 0 Å². The quantitative estimate of drug-likeness (QED) is 0.362. The zero-order chi connectivity index (χ0) is 23.1. The standard InChI is InChI=1S/C31H23BO2/c33-32(34)25-20-18-22(19-21-25)26-15-9-17-29-30(26)27-14-7-8-16-28(27)31(29,23-10-3-1-4-11-23)24-12-5-2-6-13-24/h1-21,33-34H. The Kier molecular flexibility index (Phi) is 4.95. The summed E-state index contributed by atoms with van der Waals surface area (Å²) in [5, 5.41) is 19.1. The van der Waals surface area contributed by atoms with Crippen LogP contribution in [0.5, 0.6) is 0 Å². The Bertz CT molecular complexity index is 1420. The molecular formula is C31H23BO2. The summed E-state index contributed by atoms with van der Waals surface area (Å²) in [5.74, 6) is 0. The van der Waals surface area contributed by atoms with E-state index in [1.807, 2.05) is 12.1 Å². The van der Waals surface area contributed by atoms with Crippen LogP contribution in [-0.4, -0.2) is 17.2 Å². The second-order valence-electron chi connectivity index (χ2n) is 8.75. The van der Waals surface area contributed by atoms with Crippen LogP contribution < -0.4 is 5.46 Å². The van der Waals surface area contributed by atoms with E-state index in [1.165, 1.54) is 33.4 Å². The maximum atomic E-state index is 9.55. The Balaban J connectivity index is 1.70. The highest BCUT2D eigenvalue weighted by atomic mass is 16.4. The normalized spacial score (nSPS) is 13.2. The summed E-state index contributed by atoms with van der Waals surface area (Å²) in [7, 11) is -1.47. The highest BCUT2D eigenvalue weighted by Gasteiger charge is 2.46. The van der Waals surface area contributed by atoms with Crippen LogP contribution in [0.1, 0.15) is 22.3 Å². The van der Waals surface area contributed by atoms with Gasteiger partial charge >= 0.3 is 7.12 Å². The topological polar surface area (TPSA) is 40.5 Å². The SMILES string of the molecule is OB(O)c1ccc(-c2cccc3c2-c2ccccc2C3(c2ccccc2)c2ccccc2)cc1. The fourth-order valence-corrected chi connectivity index (χ4v) is 5.57. The Labute approximate surface area is 199 Å². The Hall–Kier alpha value is -3.92. The highest BCUT2D eigenvalue weighted by Crippen LogP contribution is 2.58. The molecule has 2 nitrogen and oxygen atoms in total. The summed E-state index contributed by atoms with van der Waals surface area (Å²) in [6, 6.07) is 44.2. The monoisotopic (exact) mass is 438 g/mol. The first-order chi connectivity index (χ1) is 16.7. The molecule has 6 rings (SSSR count). The van der Waals surface area contributed by atoms with Crippen molar-refractivity contribution in [2.45, 2.75) is 5.41 Å². The maximum absolute atomic E-state index is 9.55. The van der Waals surface area contributed by atoms with Gasteiger partial charge in [-0.2, -0.15) is 0 Å². The molecule has 0 amide bonds. The predicted molar refractivity (Wildman–Crippen MR) is 139 cm³/mol. The van der Waals surface area contributed by atoms with Crippen molar-refractivity contribution in [2.75, 3.05) is 0 Å². The molecule has 5 aromatic rings. The van der Waals surface area contributed by atoms with Gasteiger partial charge in [-0.05, 0) is 50.0 Å². The van der Waals surface area contributed by atoms with Gasteiger partial charge in [-0.15, -0.1) is 0 Å². The lowest BCUT2D eigenvalue weighted by Crippen LogP contribution is -2.29. The Morgan fingerprint density at radius 1 is 0.471 bits per heavy atom. The molecular weight excluding hydrogens is 415 g/mol. The van der Waals surface area contributed by atoms with Crippen molar-refractivity contribution in [3.63, 3.8) is 0 Å². The van der Waals surface area contributed by atoms with Crippen molar-refractivity contribution < 1.29 is 10.0 Å². The third-order valence-corrected chi connectivity index (χ3v) is 7.00. The van der Waals surface area contributed by atoms with E-state index in [0.29, 0.717) is 5.46 Å². The number of benzene rings is 5. The minimum atomic E-state index is -1.47. The minimum absolute atomic E-state index is 0.425. The molecule has 5 aromatic carbocycles. The fraction of sp³-hybridized carbons (Fsp3) is 0.0323. The first-order valence-corrected chi connectivity index (χ1v) is 11.5. The average molecular weight is 438 g/mol. The molecule has 34 heavy (non-hydrogen) atoms. The molecule has 0 aromatic heterocycles. The van der Waals surface area contributed by atoms with E-state index in [1.54, 1.807) is 12.1 Å². The molecule has 0 aliphatic heterocycles. The molecule has 162 valence electrons. The van der Waals surface area contributed by atoms with Crippen LogP contribution in [0.15, 0.2) is 127 Å². The van der Waals surface area contributed by atoms with Crippen LogP contribution in [0.3, 0.4) is 0 Å². The van der Waals surface area contributed by atoms with Gasteiger partial charge in [0.25, 0.3) is 0 Å². The average Bonchev–Trinajstić information content (AvgIpc) is 3.21. The summed E-state index contributed by atoms with van der Waals surface area (Å²) >= 11 is 0. The second-order valence-corrected chi connectivity index (χ2v) is 8.75. The molecule has 0 bridgehead atoms. The minimum Gasteiger partial charge on any atom is -0.423 e. The van der Waals surface area contributed by atoms with E-state index in [9.17, 15) is 10.0 Å². The summed E-state index contributed by atoms with van der Waals surface area (Å²) in [4.78, 5) is 0. The molecule has 0 radical (unpaired) electrons. The van der Waals surface area contributed by atoms with Gasteiger partial charge in [0.15, 0.2) is 0 Å². The summed E-state index contributed by atoms with van der Waals surface area (Å²) in [6.07, 6.45) is 0. The molecule has 0 atom stereocenters. The molecule has 2 N–H and O–H groups in total. The zero-order valence-corrected chi connectivity index (χ0v) is 18.6. The molecule has 0 fully saturated rings. The van der Waals surface area contributed by atoms with Gasteiger partial charge in [0.2, 0.25) is 0 Å². The summed E-state index contributed by atoms with van der Waals surface area (Å²) < 4.78 is 0.